The Balaban J connectivity index is 2.85. The molecule has 0 N–H and O–H groups in total. The highest BCUT2D eigenvalue weighted by Gasteiger charge is 2.48. The molecule has 0 saturated heterocycles. The second-order valence-electron chi connectivity index (χ2n) is 7.21. The van der Waals surface area contributed by atoms with Crippen LogP contribution in [0.15, 0.2) is 0 Å². The fourth-order valence-electron chi connectivity index (χ4n) is 1.84. The Hall–Kier alpha value is -0.153. The Morgan fingerprint density at radius 1 is 1.31 bits per heavy atom. The summed E-state index contributed by atoms with van der Waals surface area (Å²) in [7, 11) is -1.82. The molecule has 0 radical (unpaired) electrons. The number of ketones is 1. The molecule has 0 amide bonds. The molecule has 0 aliphatic heterocycles. The van der Waals surface area contributed by atoms with E-state index >= 15 is 0 Å². The van der Waals surface area contributed by atoms with Crippen molar-refractivity contribution < 1.29 is 9.22 Å². The van der Waals surface area contributed by atoms with Crippen molar-refractivity contribution >= 4 is 14.1 Å². The first-order valence-corrected chi connectivity index (χ1v) is 9.09. The molecule has 0 bridgehead atoms. The van der Waals surface area contributed by atoms with Gasteiger partial charge in [0.05, 0.1) is 0 Å². The van der Waals surface area contributed by atoms with E-state index < -0.39 is 8.32 Å². The third-order valence-electron chi connectivity index (χ3n) is 4.24. The quantitative estimate of drug-likeness (QED) is 0.689. The smallest absolute Gasteiger partial charge is 0.193 e. The van der Waals surface area contributed by atoms with E-state index in [1.54, 1.807) is 0 Å². The van der Waals surface area contributed by atoms with Gasteiger partial charge in [0.2, 0.25) is 0 Å². The number of rotatable bonds is 2. The molecule has 2 nitrogen and oxygen atoms in total. The van der Waals surface area contributed by atoms with E-state index in [2.05, 4.69) is 47.7 Å². The molecule has 16 heavy (non-hydrogen) atoms. The number of hydrogen-bond acceptors (Lipinski definition) is 2. The predicted octanol–water partition coefficient (Wildman–Crippen LogP) is 3.77. The van der Waals surface area contributed by atoms with Gasteiger partial charge in [-0.1, -0.05) is 34.6 Å². The van der Waals surface area contributed by atoms with E-state index in [9.17, 15) is 4.79 Å². The number of carbonyl (C=O) groups excluding carboxylic acids is 1. The highest BCUT2D eigenvalue weighted by Crippen LogP contribution is 2.43. The van der Waals surface area contributed by atoms with Gasteiger partial charge in [0.1, 0.15) is 6.10 Å². The molecule has 0 aromatic heterocycles. The van der Waals surface area contributed by atoms with Gasteiger partial charge < -0.3 is 4.43 Å². The summed E-state index contributed by atoms with van der Waals surface area (Å²) in [5.74, 6) is 0.301. The average molecular weight is 242 g/mol. The maximum absolute atomic E-state index is 11.9. The Kier molecular flexibility index (Phi) is 3.43. The van der Waals surface area contributed by atoms with Crippen LogP contribution in [0.3, 0.4) is 0 Å². The maximum Gasteiger partial charge on any atom is 0.193 e. The van der Waals surface area contributed by atoms with E-state index in [1.165, 1.54) is 0 Å². The zero-order chi connectivity index (χ0) is 12.8. The molecule has 0 heterocycles. The first-order valence-electron chi connectivity index (χ1n) is 6.18. The summed E-state index contributed by atoms with van der Waals surface area (Å²) in [6.45, 7) is 15.4. The van der Waals surface area contributed by atoms with E-state index in [0.717, 1.165) is 6.42 Å². The van der Waals surface area contributed by atoms with Crippen LogP contribution in [0, 0.1) is 5.41 Å². The molecule has 1 aliphatic rings. The fraction of sp³-hybridized carbons (Fsp3) is 0.923. The Bertz CT molecular complexity index is 287. The number of carbonyl (C=O) groups is 1. The molecular formula is C13H26O2Si. The number of hydrogen-bond donors (Lipinski definition) is 0. The predicted molar refractivity (Wildman–Crippen MR) is 70.1 cm³/mol. The lowest BCUT2D eigenvalue weighted by Gasteiger charge is -2.41. The monoisotopic (exact) mass is 242 g/mol. The highest BCUT2D eigenvalue weighted by atomic mass is 28.4. The molecule has 0 unspecified atom stereocenters. The molecule has 0 aromatic rings. The summed E-state index contributed by atoms with van der Waals surface area (Å²) >= 11 is 0. The zero-order valence-corrected chi connectivity index (χ0v) is 12.8. The van der Waals surface area contributed by atoms with E-state index in [-0.39, 0.29) is 16.6 Å². The number of Topliss-reactive ketones (excluding diaryl/α,β-unsaturated/α-hetero) is 1. The van der Waals surface area contributed by atoms with Crippen molar-refractivity contribution in [1.29, 1.82) is 0 Å². The molecule has 1 atom stereocenters. The largest absolute Gasteiger partial charge is 0.406 e. The van der Waals surface area contributed by atoms with Crippen LogP contribution in [0.25, 0.3) is 0 Å². The molecule has 0 aromatic carbocycles. The van der Waals surface area contributed by atoms with Crippen LogP contribution in [0.4, 0.5) is 0 Å². The average Bonchev–Trinajstić information content (AvgIpc) is 2.29. The van der Waals surface area contributed by atoms with Gasteiger partial charge in [-0.05, 0) is 30.0 Å². The fourth-order valence-corrected chi connectivity index (χ4v) is 3.23. The van der Waals surface area contributed by atoms with Gasteiger partial charge >= 0.3 is 0 Å². The minimum atomic E-state index is -1.82. The molecular weight excluding hydrogens is 216 g/mol. The second-order valence-corrected chi connectivity index (χ2v) is 12.0. The molecule has 1 aliphatic carbocycles. The lowest BCUT2D eigenvalue weighted by atomic mass is 9.89. The van der Waals surface area contributed by atoms with Crippen molar-refractivity contribution in [2.75, 3.05) is 0 Å². The molecule has 1 rings (SSSR count). The SMILES string of the molecule is CC1(C)CCC(=O)[C@@H]1O[Si](C)(C)C(C)(C)C. The molecule has 1 saturated carbocycles. The Labute approximate surface area is 101 Å². The lowest BCUT2D eigenvalue weighted by molar-refractivity contribution is -0.126. The normalized spacial score (nSPS) is 26.2. The zero-order valence-electron chi connectivity index (χ0n) is 11.8. The van der Waals surface area contributed by atoms with Crippen LogP contribution < -0.4 is 0 Å². The summed E-state index contributed by atoms with van der Waals surface area (Å²) in [4.78, 5) is 11.9. The van der Waals surface area contributed by atoms with E-state index in [0.29, 0.717) is 12.2 Å². The van der Waals surface area contributed by atoms with Crippen molar-refractivity contribution in [2.24, 2.45) is 5.41 Å². The summed E-state index contributed by atoms with van der Waals surface area (Å²) < 4.78 is 6.28. The van der Waals surface area contributed by atoms with Gasteiger partial charge in [0.25, 0.3) is 0 Å². The van der Waals surface area contributed by atoms with Crippen LogP contribution in [-0.2, 0) is 9.22 Å². The van der Waals surface area contributed by atoms with Gasteiger partial charge in [-0.15, -0.1) is 0 Å². The highest BCUT2D eigenvalue weighted by molar-refractivity contribution is 6.74. The third kappa shape index (κ3) is 2.57. The summed E-state index contributed by atoms with van der Waals surface area (Å²) in [5.41, 5.74) is 0.0204. The van der Waals surface area contributed by atoms with Crippen molar-refractivity contribution in [2.45, 2.75) is 71.7 Å². The minimum Gasteiger partial charge on any atom is -0.406 e. The van der Waals surface area contributed by atoms with Gasteiger partial charge in [-0.2, -0.15) is 0 Å². The lowest BCUT2D eigenvalue weighted by Crippen LogP contribution is -2.48. The van der Waals surface area contributed by atoms with Crippen LogP contribution in [0.2, 0.25) is 18.1 Å². The Morgan fingerprint density at radius 3 is 2.12 bits per heavy atom. The van der Waals surface area contributed by atoms with Crippen molar-refractivity contribution in [3.63, 3.8) is 0 Å². The van der Waals surface area contributed by atoms with Gasteiger partial charge in [0, 0.05) is 6.42 Å². The first kappa shape index (κ1) is 13.9. The van der Waals surface area contributed by atoms with Gasteiger partial charge in [-0.25, -0.2) is 0 Å². The van der Waals surface area contributed by atoms with Crippen molar-refractivity contribution in [3.8, 4) is 0 Å². The second kappa shape index (κ2) is 3.95. The molecule has 1 fully saturated rings. The van der Waals surface area contributed by atoms with E-state index in [1.807, 2.05) is 0 Å². The topological polar surface area (TPSA) is 26.3 Å². The summed E-state index contributed by atoms with van der Waals surface area (Å²) in [5, 5.41) is 0.173. The van der Waals surface area contributed by atoms with Gasteiger partial charge in [0.15, 0.2) is 14.1 Å². The molecule has 3 heteroatoms. The maximum atomic E-state index is 11.9. The van der Waals surface area contributed by atoms with Crippen LogP contribution in [-0.4, -0.2) is 20.2 Å². The van der Waals surface area contributed by atoms with E-state index in [4.69, 9.17) is 4.43 Å². The van der Waals surface area contributed by atoms with Crippen LogP contribution in [0.1, 0.15) is 47.5 Å². The van der Waals surface area contributed by atoms with Crippen LogP contribution >= 0.6 is 0 Å². The molecule has 0 spiro atoms. The summed E-state index contributed by atoms with van der Waals surface area (Å²) in [6, 6.07) is 0. The van der Waals surface area contributed by atoms with Crippen LogP contribution in [0.5, 0.6) is 0 Å². The minimum absolute atomic E-state index is 0.0204. The first-order chi connectivity index (χ1) is 6.97. The Morgan fingerprint density at radius 2 is 1.81 bits per heavy atom. The van der Waals surface area contributed by atoms with Crippen molar-refractivity contribution in [1.82, 2.24) is 0 Å². The standard InChI is InChI=1S/C13H26O2Si/c1-12(2,3)16(6,7)15-11-10(14)8-9-13(11,4)5/h11H,8-9H2,1-7H3/t11-/m0/s1. The molecule has 94 valence electrons. The van der Waals surface area contributed by atoms with Crippen molar-refractivity contribution in [3.05, 3.63) is 0 Å². The third-order valence-corrected chi connectivity index (χ3v) is 8.67. The summed E-state index contributed by atoms with van der Waals surface area (Å²) in [6.07, 6.45) is 1.48. The van der Waals surface area contributed by atoms with Gasteiger partial charge in [-0.3, -0.25) is 4.79 Å².